The van der Waals surface area contributed by atoms with Crippen LogP contribution in [0.5, 0.6) is 0 Å². The van der Waals surface area contributed by atoms with Crippen molar-refractivity contribution < 1.29 is 4.79 Å². The molecule has 1 aromatic heterocycles. The van der Waals surface area contributed by atoms with Crippen molar-refractivity contribution in [3.63, 3.8) is 0 Å². The normalized spacial score (nSPS) is 18.8. The van der Waals surface area contributed by atoms with E-state index < -0.39 is 0 Å². The lowest BCUT2D eigenvalue weighted by molar-refractivity contribution is -0.116. The second-order valence-electron chi connectivity index (χ2n) is 6.72. The summed E-state index contributed by atoms with van der Waals surface area (Å²) < 4.78 is 0. The number of aromatic nitrogens is 1. The lowest BCUT2D eigenvalue weighted by atomic mass is 9.90. The SMILES string of the molecule is Cc1cc(C)c([C@H](C)N2C=CC(=O)C[C@@H]2c2cccnc2)c(C)c1. The molecule has 1 aliphatic rings. The van der Waals surface area contributed by atoms with Crippen LogP contribution in [0.4, 0.5) is 0 Å². The molecule has 0 unspecified atom stereocenters. The first-order valence-corrected chi connectivity index (χ1v) is 8.43. The van der Waals surface area contributed by atoms with Crippen molar-refractivity contribution in [3.05, 3.63) is 76.8 Å². The number of carbonyl (C=O) groups excluding carboxylic acids is 1. The molecule has 0 N–H and O–H groups in total. The van der Waals surface area contributed by atoms with Gasteiger partial charge in [0.05, 0.1) is 12.1 Å². The molecule has 24 heavy (non-hydrogen) atoms. The molecule has 3 heteroatoms. The summed E-state index contributed by atoms with van der Waals surface area (Å²) in [4.78, 5) is 18.5. The fourth-order valence-corrected chi connectivity index (χ4v) is 3.90. The Morgan fingerprint density at radius 3 is 2.54 bits per heavy atom. The van der Waals surface area contributed by atoms with E-state index in [0.29, 0.717) is 6.42 Å². The zero-order valence-corrected chi connectivity index (χ0v) is 14.8. The van der Waals surface area contributed by atoms with Crippen molar-refractivity contribution in [2.45, 2.75) is 46.2 Å². The molecule has 0 radical (unpaired) electrons. The molecule has 0 bridgehead atoms. The molecule has 2 heterocycles. The minimum atomic E-state index is 0.0336. The van der Waals surface area contributed by atoms with Gasteiger partial charge in [-0.2, -0.15) is 0 Å². The van der Waals surface area contributed by atoms with Crippen molar-refractivity contribution in [1.29, 1.82) is 0 Å². The van der Waals surface area contributed by atoms with Crippen molar-refractivity contribution in [3.8, 4) is 0 Å². The smallest absolute Gasteiger partial charge is 0.159 e. The fourth-order valence-electron chi connectivity index (χ4n) is 3.90. The highest BCUT2D eigenvalue weighted by atomic mass is 16.1. The van der Waals surface area contributed by atoms with Gasteiger partial charge in [-0.15, -0.1) is 0 Å². The summed E-state index contributed by atoms with van der Waals surface area (Å²) in [6, 6.07) is 8.68. The lowest BCUT2D eigenvalue weighted by Crippen LogP contribution is -2.32. The van der Waals surface area contributed by atoms with E-state index in [4.69, 9.17) is 0 Å². The zero-order chi connectivity index (χ0) is 17.3. The van der Waals surface area contributed by atoms with E-state index in [-0.39, 0.29) is 17.9 Å². The van der Waals surface area contributed by atoms with Crippen molar-refractivity contribution in [2.75, 3.05) is 0 Å². The number of carbonyl (C=O) groups is 1. The highest BCUT2D eigenvalue weighted by Gasteiger charge is 2.29. The Bertz CT molecular complexity index is 757. The molecule has 124 valence electrons. The van der Waals surface area contributed by atoms with Crippen molar-refractivity contribution >= 4 is 5.78 Å². The molecule has 1 aliphatic heterocycles. The average Bonchev–Trinajstić information content (AvgIpc) is 2.54. The molecule has 0 saturated heterocycles. The van der Waals surface area contributed by atoms with Gasteiger partial charge < -0.3 is 4.90 Å². The van der Waals surface area contributed by atoms with Crippen LogP contribution in [0, 0.1) is 20.8 Å². The number of hydrogen-bond acceptors (Lipinski definition) is 3. The highest BCUT2D eigenvalue weighted by molar-refractivity contribution is 5.91. The van der Waals surface area contributed by atoms with Gasteiger partial charge >= 0.3 is 0 Å². The summed E-state index contributed by atoms with van der Waals surface area (Å²) in [5, 5.41) is 0. The third kappa shape index (κ3) is 3.12. The number of hydrogen-bond donors (Lipinski definition) is 0. The lowest BCUT2D eigenvalue weighted by Gasteiger charge is -2.39. The number of aryl methyl sites for hydroxylation is 3. The van der Waals surface area contributed by atoms with Gasteiger partial charge in [-0.1, -0.05) is 23.8 Å². The third-order valence-electron chi connectivity index (χ3n) is 4.86. The molecule has 3 nitrogen and oxygen atoms in total. The monoisotopic (exact) mass is 320 g/mol. The highest BCUT2D eigenvalue weighted by Crippen LogP contribution is 2.37. The van der Waals surface area contributed by atoms with Crippen LogP contribution in [0.2, 0.25) is 0 Å². The maximum atomic E-state index is 12.0. The van der Waals surface area contributed by atoms with Crippen LogP contribution in [0.3, 0.4) is 0 Å². The van der Waals surface area contributed by atoms with Crippen LogP contribution in [0.15, 0.2) is 48.9 Å². The quantitative estimate of drug-likeness (QED) is 0.829. The van der Waals surface area contributed by atoms with E-state index in [0.717, 1.165) is 5.56 Å². The summed E-state index contributed by atoms with van der Waals surface area (Å²) in [5.74, 6) is 0.171. The first-order chi connectivity index (χ1) is 11.5. The van der Waals surface area contributed by atoms with Crippen molar-refractivity contribution in [2.24, 2.45) is 0 Å². The van der Waals surface area contributed by atoms with Crippen molar-refractivity contribution in [1.82, 2.24) is 9.88 Å². The average molecular weight is 320 g/mol. The first-order valence-electron chi connectivity index (χ1n) is 8.43. The summed E-state index contributed by atoms with van der Waals surface area (Å²) in [6.07, 6.45) is 7.78. The van der Waals surface area contributed by atoms with Crippen LogP contribution < -0.4 is 0 Å². The predicted molar refractivity (Wildman–Crippen MR) is 96.6 cm³/mol. The molecule has 0 saturated carbocycles. The van der Waals surface area contributed by atoms with Gasteiger partial charge in [0, 0.05) is 25.0 Å². The summed E-state index contributed by atoms with van der Waals surface area (Å²) in [5.41, 5.74) is 6.32. The molecule has 0 amide bonds. The third-order valence-corrected chi connectivity index (χ3v) is 4.86. The van der Waals surface area contributed by atoms with E-state index in [9.17, 15) is 4.79 Å². The molecule has 0 fully saturated rings. The van der Waals surface area contributed by atoms with E-state index in [1.54, 1.807) is 12.3 Å². The Morgan fingerprint density at radius 2 is 1.92 bits per heavy atom. The van der Waals surface area contributed by atoms with Gasteiger partial charge in [-0.3, -0.25) is 9.78 Å². The van der Waals surface area contributed by atoms with Crippen LogP contribution >= 0.6 is 0 Å². The van der Waals surface area contributed by atoms with Gasteiger partial charge in [0.2, 0.25) is 0 Å². The molecule has 0 aliphatic carbocycles. The number of pyridine rings is 1. The first kappa shape index (κ1) is 16.4. The Hall–Kier alpha value is -2.42. The van der Waals surface area contributed by atoms with Crippen LogP contribution in [0.25, 0.3) is 0 Å². The Balaban J connectivity index is 2.02. The van der Waals surface area contributed by atoms with Gasteiger partial charge in [0.25, 0.3) is 0 Å². The van der Waals surface area contributed by atoms with Crippen LogP contribution in [-0.2, 0) is 4.79 Å². The largest absolute Gasteiger partial charge is 0.363 e. The number of benzene rings is 1. The van der Waals surface area contributed by atoms with Crippen LogP contribution in [-0.4, -0.2) is 15.7 Å². The number of rotatable bonds is 3. The van der Waals surface area contributed by atoms with E-state index in [2.05, 4.69) is 55.8 Å². The molecule has 2 aromatic rings. The van der Waals surface area contributed by atoms with E-state index in [1.165, 1.54) is 22.3 Å². The molecule has 3 rings (SSSR count). The number of nitrogens with zero attached hydrogens (tertiary/aromatic N) is 2. The summed E-state index contributed by atoms with van der Waals surface area (Å²) in [6.45, 7) is 8.69. The minimum Gasteiger partial charge on any atom is -0.363 e. The molecule has 2 atom stereocenters. The number of allylic oxidation sites excluding steroid dienone is 1. The number of ketones is 1. The molecular formula is C21H24N2O. The topological polar surface area (TPSA) is 33.2 Å². The predicted octanol–water partition coefficient (Wildman–Crippen LogP) is 4.60. The van der Waals surface area contributed by atoms with E-state index in [1.807, 2.05) is 18.5 Å². The fraction of sp³-hybridized carbons (Fsp3) is 0.333. The molecule has 0 spiro atoms. The summed E-state index contributed by atoms with van der Waals surface area (Å²) >= 11 is 0. The maximum Gasteiger partial charge on any atom is 0.159 e. The zero-order valence-electron chi connectivity index (χ0n) is 14.8. The van der Waals surface area contributed by atoms with E-state index >= 15 is 0 Å². The summed E-state index contributed by atoms with van der Waals surface area (Å²) in [7, 11) is 0. The standard InChI is InChI=1S/C21H24N2O/c1-14-10-15(2)21(16(3)11-14)17(4)23-9-7-19(24)12-20(23)18-6-5-8-22-13-18/h5-11,13,17,20H,12H2,1-4H3/t17-,20+/m0/s1. The molecular weight excluding hydrogens is 296 g/mol. The van der Waals surface area contributed by atoms with Gasteiger partial charge in [0.15, 0.2) is 5.78 Å². The Kier molecular flexibility index (Phi) is 4.52. The van der Waals surface area contributed by atoms with Gasteiger partial charge in [-0.05, 0) is 62.1 Å². The minimum absolute atomic E-state index is 0.0336. The Morgan fingerprint density at radius 1 is 1.21 bits per heavy atom. The Labute approximate surface area is 144 Å². The van der Waals surface area contributed by atoms with Gasteiger partial charge in [0.1, 0.15) is 0 Å². The van der Waals surface area contributed by atoms with Crippen LogP contribution in [0.1, 0.15) is 53.2 Å². The van der Waals surface area contributed by atoms with Gasteiger partial charge in [-0.25, -0.2) is 0 Å². The molecule has 1 aromatic carbocycles. The second kappa shape index (κ2) is 6.60. The maximum absolute atomic E-state index is 12.0. The second-order valence-corrected chi connectivity index (χ2v) is 6.72.